The lowest BCUT2D eigenvalue weighted by Crippen LogP contribution is -2.29. The van der Waals surface area contributed by atoms with E-state index in [0.717, 1.165) is 5.56 Å². The predicted molar refractivity (Wildman–Crippen MR) is 90.7 cm³/mol. The number of H-pyrrole nitrogens is 1. The van der Waals surface area contributed by atoms with E-state index in [2.05, 4.69) is 22.1 Å². The van der Waals surface area contributed by atoms with E-state index in [1.54, 1.807) is 44.4 Å². The molecule has 0 aliphatic carbocycles. The second kappa shape index (κ2) is 7.79. The molecule has 0 fully saturated rings. The van der Waals surface area contributed by atoms with Gasteiger partial charge in [-0.25, -0.2) is 0 Å². The van der Waals surface area contributed by atoms with Gasteiger partial charge in [0.05, 0.1) is 6.54 Å². The van der Waals surface area contributed by atoms with E-state index < -0.39 is 11.5 Å². The Morgan fingerprint density at radius 1 is 1.17 bits per heavy atom. The van der Waals surface area contributed by atoms with Crippen molar-refractivity contribution in [3.8, 4) is 11.8 Å². The van der Waals surface area contributed by atoms with Gasteiger partial charge in [-0.15, -0.1) is 0 Å². The van der Waals surface area contributed by atoms with Crippen molar-refractivity contribution in [2.45, 2.75) is 0 Å². The average Bonchev–Trinajstić information content (AvgIpc) is 2.58. The highest BCUT2D eigenvalue weighted by Gasteiger charge is 2.08. The fraction of sp³-hybridized carbons (Fsp3) is 0.167. The van der Waals surface area contributed by atoms with E-state index in [1.165, 1.54) is 17.2 Å². The number of nitrogens with zero attached hydrogens (tertiary/aromatic N) is 1. The first-order chi connectivity index (χ1) is 11.5. The van der Waals surface area contributed by atoms with E-state index in [4.69, 9.17) is 0 Å². The van der Waals surface area contributed by atoms with E-state index in [0.29, 0.717) is 5.56 Å². The first-order valence-corrected chi connectivity index (χ1v) is 7.25. The molecule has 6 nitrogen and oxygen atoms in total. The van der Waals surface area contributed by atoms with Gasteiger partial charge in [-0.3, -0.25) is 14.4 Å². The topological polar surface area (TPSA) is 82.3 Å². The molecule has 24 heavy (non-hydrogen) atoms. The van der Waals surface area contributed by atoms with Crippen molar-refractivity contribution in [2.24, 2.45) is 0 Å². The van der Waals surface area contributed by atoms with Crippen molar-refractivity contribution in [3.63, 3.8) is 0 Å². The number of aromatic amines is 1. The Bertz CT molecular complexity index is 855. The van der Waals surface area contributed by atoms with Crippen molar-refractivity contribution in [3.05, 3.63) is 69.6 Å². The SMILES string of the molecule is CN(C)C(=O)c1ccc(C#CCNC(=O)c2ccc[nH]c2=O)cc1. The van der Waals surface area contributed by atoms with Gasteiger partial charge in [0.2, 0.25) is 0 Å². The lowest BCUT2D eigenvalue weighted by atomic mass is 10.1. The van der Waals surface area contributed by atoms with Crippen molar-refractivity contribution in [1.82, 2.24) is 15.2 Å². The van der Waals surface area contributed by atoms with Gasteiger partial charge >= 0.3 is 0 Å². The molecule has 0 saturated carbocycles. The number of carbonyl (C=O) groups is 2. The minimum atomic E-state index is -0.474. The Morgan fingerprint density at radius 2 is 1.88 bits per heavy atom. The Kier molecular flexibility index (Phi) is 5.53. The fourth-order valence-corrected chi connectivity index (χ4v) is 1.92. The Labute approximate surface area is 139 Å². The van der Waals surface area contributed by atoms with Crippen LogP contribution >= 0.6 is 0 Å². The molecule has 2 aromatic rings. The molecular weight excluding hydrogens is 306 g/mol. The van der Waals surface area contributed by atoms with Gasteiger partial charge in [0.1, 0.15) is 5.56 Å². The van der Waals surface area contributed by atoms with Gasteiger partial charge in [-0.1, -0.05) is 11.8 Å². The summed E-state index contributed by atoms with van der Waals surface area (Å²) in [6, 6.07) is 9.92. The Hall–Kier alpha value is -3.33. The van der Waals surface area contributed by atoms with Gasteiger partial charge in [0.25, 0.3) is 17.4 Å². The first kappa shape index (κ1) is 17.0. The summed E-state index contributed by atoms with van der Waals surface area (Å²) >= 11 is 0. The van der Waals surface area contributed by atoms with Gasteiger partial charge in [0, 0.05) is 31.4 Å². The summed E-state index contributed by atoms with van der Waals surface area (Å²) in [7, 11) is 3.38. The van der Waals surface area contributed by atoms with Crippen LogP contribution in [0, 0.1) is 11.8 Å². The smallest absolute Gasteiger partial charge is 0.260 e. The van der Waals surface area contributed by atoms with Crippen molar-refractivity contribution in [1.29, 1.82) is 0 Å². The van der Waals surface area contributed by atoms with Crippen LogP contribution in [0.15, 0.2) is 47.4 Å². The van der Waals surface area contributed by atoms with Crippen molar-refractivity contribution in [2.75, 3.05) is 20.6 Å². The summed E-state index contributed by atoms with van der Waals surface area (Å²) in [6.07, 6.45) is 1.46. The third-order valence-electron chi connectivity index (χ3n) is 3.17. The number of amides is 2. The standard InChI is InChI=1S/C18H17N3O3/c1-21(2)18(24)14-9-7-13(8-10-14)5-3-11-19-16(22)15-6-4-12-20-17(15)23/h4,6-10,12H,11H2,1-2H3,(H,19,22)(H,20,23). The predicted octanol–water partition coefficient (Wildman–Crippen LogP) is 0.858. The number of hydrogen-bond donors (Lipinski definition) is 2. The molecule has 1 aromatic carbocycles. The maximum Gasteiger partial charge on any atom is 0.260 e. The van der Waals surface area contributed by atoms with Gasteiger partial charge in [-0.05, 0) is 36.4 Å². The number of aromatic nitrogens is 1. The van der Waals surface area contributed by atoms with Crippen molar-refractivity contribution < 1.29 is 9.59 Å². The molecule has 2 amide bonds. The summed E-state index contributed by atoms with van der Waals surface area (Å²) in [5.74, 6) is 5.14. The minimum absolute atomic E-state index is 0.0471. The number of carbonyl (C=O) groups excluding carboxylic acids is 2. The summed E-state index contributed by atoms with van der Waals surface area (Å²) < 4.78 is 0. The maximum absolute atomic E-state index is 11.8. The van der Waals surface area contributed by atoms with E-state index in [1.807, 2.05) is 0 Å². The zero-order valence-corrected chi connectivity index (χ0v) is 13.4. The van der Waals surface area contributed by atoms with Crippen LogP contribution in [0.1, 0.15) is 26.3 Å². The molecule has 1 aromatic heterocycles. The molecular formula is C18H17N3O3. The third kappa shape index (κ3) is 4.34. The summed E-state index contributed by atoms with van der Waals surface area (Å²) in [6.45, 7) is 0.117. The van der Waals surface area contributed by atoms with Crippen LogP contribution in [0.2, 0.25) is 0 Å². The lowest BCUT2D eigenvalue weighted by Gasteiger charge is -2.09. The first-order valence-electron chi connectivity index (χ1n) is 7.25. The number of benzene rings is 1. The van der Waals surface area contributed by atoms with E-state index >= 15 is 0 Å². The third-order valence-corrected chi connectivity index (χ3v) is 3.17. The molecule has 0 bridgehead atoms. The molecule has 0 radical (unpaired) electrons. The van der Waals surface area contributed by atoms with Crippen LogP contribution < -0.4 is 10.9 Å². The minimum Gasteiger partial charge on any atom is -0.345 e. The molecule has 1 heterocycles. The van der Waals surface area contributed by atoms with Gasteiger partial charge in [-0.2, -0.15) is 0 Å². The number of rotatable bonds is 3. The quantitative estimate of drug-likeness (QED) is 0.822. The average molecular weight is 323 g/mol. The molecule has 2 rings (SSSR count). The monoisotopic (exact) mass is 323 g/mol. The number of pyridine rings is 1. The molecule has 0 spiro atoms. The molecule has 0 aliphatic heterocycles. The molecule has 0 aliphatic rings. The summed E-state index contributed by atoms with van der Waals surface area (Å²) in [5.41, 5.74) is 0.925. The zero-order chi connectivity index (χ0) is 17.5. The van der Waals surface area contributed by atoms with E-state index in [9.17, 15) is 14.4 Å². The lowest BCUT2D eigenvalue weighted by molar-refractivity contribution is 0.0827. The molecule has 6 heteroatoms. The number of hydrogen-bond acceptors (Lipinski definition) is 3. The molecule has 0 unspecified atom stereocenters. The molecule has 2 N–H and O–H groups in total. The van der Waals surface area contributed by atoms with Gasteiger partial charge in [0.15, 0.2) is 0 Å². The molecule has 0 atom stereocenters. The highest BCUT2D eigenvalue weighted by Crippen LogP contribution is 2.05. The van der Waals surface area contributed by atoms with Crippen LogP contribution in [0.4, 0.5) is 0 Å². The highest BCUT2D eigenvalue weighted by atomic mass is 16.2. The summed E-state index contributed by atoms with van der Waals surface area (Å²) in [4.78, 5) is 39.0. The highest BCUT2D eigenvalue weighted by molar-refractivity contribution is 5.94. The van der Waals surface area contributed by atoms with Crippen molar-refractivity contribution >= 4 is 11.8 Å². The largest absolute Gasteiger partial charge is 0.345 e. The second-order valence-corrected chi connectivity index (χ2v) is 5.17. The normalized spacial score (nSPS) is 9.58. The second-order valence-electron chi connectivity index (χ2n) is 5.17. The van der Waals surface area contributed by atoms with Crippen LogP contribution in [0.3, 0.4) is 0 Å². The van der Waals surface area contributed by atoms with Crippen LogP contribution in [-0.2, 0) is 0 Å². The number of nitrogens with one attached hydrogen (secondary N) is 2. The Balaban J connectivity index is 1.94. The zero-order valence-electron chi connectivity index (χ0n) is 13.4. The van der Waals surface area contributed by atoms with E-state index in [-0.39, 0.29) is 18.0 Å². The molecule has 122 valence electrons. The van der Waals surface area contributed by atoms with Crippen LogP contribution in [0.25, 0.3) is 0 Å². The maximum atomic E-state index is 11.8. The van der Waals surface area contributed by atoms with Crippen LogP contribution in [-0.4, -0.2) is 42.3 Å². The summed E-state index contributed by atoms with van der Waals surface area (Å²) in [5, 5.41) is 2.56. The Morgan fingerprint density at radius 3 is 2.50 bits per heavy atom. The van der Waals surface area contributed by atoms with Crippen LogP contribution in [0.5, 0.6) is 0 Å². The fourth-order valence-electron chi connectivity index (χ4n) is 1.92. The van der Waals surface area contributed by atoms with Gasteiger partial charge < -0.3 is 15.2 Å². The molecule has 0 saturated heterocycles.